The first-order chi connectivity index (χ1) is 8.56. The quantitative estimate of drug-likeness (QED) is 0.788. The molecule has 1 aliphatic heterocycles. The molecule has 1 heterocycles. The molecule has 2 atom stereocenters. The van der Waals surface area contributed by atoms with Crippen LogP contribution in [0.5, 0.6) is 0 Å². The molecule has 2 aliphatic rings. The number of hydrogen-bond acceptors (Lipinski definition) is 3. The van der Waals surface area contributed by atoms with Gasteiger partial charge in [-0.3, -0.25) is 9.80 Å². The van der Waals surface area contributed by atoms with Gasteiger partial charge in [0.05, 0.1) is 0 Å². The monoisotopic (exact) mass is 270 g/mol. The Balaban J connectivity index is 1.95. The van der Waals surface area contributed by atoms with Crippen molar-refractivity contribution in [2.45, 2.75) is 58.0 Å². The van der Waals surface area contributed by atoms with Crippen molar-refractivity contribution < 1.29 is 0 Å². The lowest BCUT2D eigenvalue weighted by Gasteiger charge is -2.47. The van der Waals surface area contributed by atoms with Gasteiger partial charge in [-0.25, -0.2) is 0 Å². The average molecular weight is 270 g/mol. The minimum Gasteiger partial charge on any atom is -0.300 e. The summed E-state index contributed by atoms with van der Waals surface area (Å²) in [5.74, 6) is 1.07. The zero-order valence-corrected chi connectivity index (χ0v) is 13.3. The van der Waals surface area contributed by atoms with Crippen LogP contribution in [-0.2, 0) is 0 Å². The third-order valence-corrected chi connectivity index (χ3v) is 5.91. The maximum Gasteiger partial charge on any atom is 0.0195 e. The summed E-state index contributed by atoms with van der Waals surface area (Å²) in [4.78, 5) is 5.22. The van der Waals surface area contributed by atoms with E-state index in [1.807, 2.05) is 0 Å². The largest absolute Gasteiger partial charge is 0.300 e. The molecule has 1 saturated heterocycles. The van der Waals surface area contributed by atoms with Crippen molar-refractivity contribution in [1.82, 2.24) is 9.80 Å². The van der Waals surface area contributed by atoms with E-state index in [2.05, 4.69) is 43.3 Å². The minimum absolute atomic E-state index is 0.511. The van der Waals surface area contributed by atoms with E-state index in [9.17, 15) is 0 Å². The van der Waals surface area contributed by atoms with E-state index >= 15 is 0 Å². The lowest BCUT2D eigenvalue weighted by Crippen LogP contribution is -2.57. The molecule has 2 fully saturated rings. The van der Waals surface area contributed by atoms with E-state index < -0.39 is 0 Å². The van der Waals surface area contributed by atoms with E-state index in [1.54, 1.807) is 0 Å². The van der Waals surface area contributed by atoms with Gasteiger partial charge < -0.3 is 0 Å². The lowest BCUT2D eigenvalue weighted by atomic mass is 9.75. The van der Waals surface area contributed by atoms with Crippen LogP contribution in [0.2, 0.25) is 0 Å². The summed E-state index contributed by atoms with van der Waals surface area (Å²) < 4.78 is 0. The highest BCUT2D eigenvalue weighted by Gasteiger charge is 2.35. The smallest absolute Gasteiger partial charge is 0.0195 e. The molecule has 0 radical (unpaired) electrons. The van der Waals surface area contributed by atoms with Crippen molar-refractivity contribution in [3.8, 4) is 0 Å². The molecule has 2 rings (SSSR count). The first kappa shape index (κ1) is 14.7. The lowest BCUT2D eigenvalue weighted by molar-refractivity contribution is 0.0269. The summed E-state index contributed by atoms with van der Waals surface area (Å²) in [6.07, 6.45) is 7.06. The maximum absolute atomic E-state index is 4.67. The molecule has 1 saturated carbocycles. The van der Waals surface area contributed by atoms with Gasteiger partial charge in [0.1, 0.15) is 0 Å². The Kier molecular flexibility index (Phi) is 5.01. The molecular weight excluding hydrogens is 240 g/mol. The Bertz CT molecular complexity index is 251. The molecular formula is C15H30N2S. The highest BCUT2D eigenvalue weighted by Crippen LogP contribution is 2.38. The summed E-state index contributed by atoms with van der Waals surface area (Å²) in [7, 11) is 2.27. The van der Waals surface area contributed by atoms with Crippen molar-refractivity contribution in [1.29, 1.82) is 0 Å². The number of thiol groups is 1. The molecule has 0 spiro atoms. The van der Waals surface area contributed by atoms with Gasteiger partial charge in [-0.05, 0) is 44.9 Å². The molecule has 0 aromatic carbocycles. The standard InChI is InChI=1S/C15H30N2S/c1-13-9-17(10-14(2)16(13)3)11-15(12-18)7-5-4-6-8-15/h13-14,18H,4-12H2,1-3H3. The van der Waals surface area contributed by atoms with Crippen LogP contribution in [0.1, 0.15) is 46.0 Å². The van der Waals surface area contributed by atoms with E-state index in [0.29, 0.717) is 17.5 Å². The average Bonchev–Trinajstić information content (AvgIpc) is 2.37. The van der Waals surface area contributed by atoms with E-state index in [1.165, 1.54) is 51.7 Å². The molecule has 106 valence electrons. The van der Waals surface area contributed by atoms with E-state index in [-0.39, 0.29) is 0 Å². The Morgan fingerprint density at radius 1 is 1.06 bits per heavy atom. The summed E-state index contributed by atoms with van der Waals surface area (Å²) in [6, 6.07) is 1.38. The van der Waals surface area contributed by atoms with Crippen LogP contribution in [-0.4, -0.2) is 54.3 Å². The van der Waals surface area contributed by atoms with E-state index in [4.69, 9.17) is 0 Å². The van der Waals surface area contributed by atoms with Gasteiger partial charge >= 0.3 is 0 Å². The maximum atomic E-state index is 4.67. The van der Waals surface area contributed by atoms with Crippen molar-refractivity contribution in [2.24, 2.45) is 5.41 Å². The Hall–Kier alpha value is 0.270. The predicted octanol–water partition coefficient (Wildman–Crippen LogP) is 2.89. The minimum atomic E-state index is 0.511. The molecule has 18 heavy (non-hydrogen) atoms. The molecule has 0 bridgehead atoms. The van der Waals surface area contributed by atoms with Crippen molar-refractivity contribution in [3.05, 3.63) is 0 Å². The number of likely N-dealkylation sites (N-methyl/N-ethyl adjacent to an activating group) is 1. The second-order valence-electron chi connectivity index (χ2n) is 6.78. The topological polar surface area (TPSA) is 6.48 Å². The molecule has 3 heteroatoms. The Morgan fingerprint density at radius 3 is 2.11 bits per heavy atom. The second-order valence-corrected chi connectivity index (χ2v) is 7.09. The van der Waals surface area contributed by atoms with Crippen LogP contribution in [0.25, 0.3) is 0 Å². The van der Waals surface area contributed by atoms with Crippen LogP contribution in [0.4, 0.5) is 0 Å². The summed E-state index contributed by atoms with van der Waals surface area (Å²) in [5.41, 5.74) is 0.511. The fourth-order valence-electron chi connectivity index (χ4n) is 3.79. The molecule has 1 aliphatic carbocycles. The molecule has 0 N–H and O–H groups in total. The zero-order valence-electron chi connectivity index (χ0n) is 12.4. The van der Waals surface area contributed by atoms with Gasteiger partial charge in [0.15, 0.2) is 0 Å². The normalized spacial score (nSPS) is 34.7. The predicted molar refractivity (Wildman–Crippen MR) is 82.5 cm³/mol. The van der Waals surface area contributed by atoms with Crippen molar-refractivity contribution >= 4 is 12.6 Å². The Labute approximate surface area is 119 Å². The number of piperazine rings is 1. The molecule has 2 nitrogen and oxygen atoms in total. The third-order valence-electron chi connectivity index (χ3n) is 5.24. The van der Waals surface area contributed by atoms with Crippen LogP contribution in [0.15, 0.2) is 0 Å². The van der Waals surface area contributed by atoms with Gasteiger partial charge in [0.2, 0.25) is 0 Å². The Morgan fingerprint density at radius 2 is 1.61 bits per heavy atom. The molecule has 0 amide bonds. The number of rotatable bonds is 3. The summed E-state index contributed by atoms with van der Waals surface area (Å²) in [6.45, 7) is 8.46. The zero-order chi connectivity index (χ0) is 13.2. The summed E-state index contributed by atoms with van der Waals surface area (Å²) >= 11 is 4.67. The summed E-state index contributed by atoms with van der Waals surface area (Å²) in [5, 5.41) is 0. The first-order valence-electron chi connectivity index (χ1n) is 7.61. The van der Waals surface area contributed by atoms with Crippen molar-refractivity contribution in [2.75, 3.05) is 32.4 Å². The third kappa shape index (κ3) is 3.23. The van der Waals surface area contributed by atoms with Crippen LogP contribution >= 0.6 is 12.6 Å². The SMILES string of the molecule is CC1CN(CC2(CS)CCCCC2)CC(C)N1C. The first-order valence-corrected chi connectivity index (χ1v) is 8.25. The number of hydrogen-bond donors (Lipinski definition) is 1. The van der Waals surface area contributed by atoms with Gasteiger partial charge in [0, 0.05) is 31.7 Å². The van der Waals surface area contributed by atoms with Crippen LogP contribution in [0.3, 0.4) is 0 Å². The fourth-order valence-corrected chi connectivity index (χ4v) is 4.20. The number of nitrogens with zero attached hydrogens (tertiary/aromatic N) is 2. The highest BCUT2D eigenvalue weighted by atomic mass is 32.1. The van der Waals surface area contributed by atoms with Crippen molar-refractivity contribution in [3.63, 3.8) is 0 Å². The molecule has 0 aromatic heterocycles. The second kappa shape index (κ2) is 6.15. The van der Waals surface area contributed by atoms with Crippen LogP contribution < -0.4 is 0 Å². The van der Waals surface area contributed by atoms with E-state index in [0.717, 1.165) is 5.75 Å². The molecule has 2 unspecified atom stereocenters. The van der Waals surface area contributed by atoms with Gasteiger partial charge in [-0.15, -0.1) is 0 Å². The van der Waals surface area contributed by atoms with Crippen LogP contribution in [0, 0.1) is 5.41 Å². The van der Waals surface area contributed by atoms with Gasteiger partial charge in [-0.1, -0.05) is 19.3 Å². The fraction of sp³-hybridized carbons (Fsp3) is 1.00. The highest BCUT2D eigenvalue weighted by molar-refractivity contribution is 7.80. The van der Waals surface area contributed by atoms with Gasteiger partial charge in [0.25, 0.3) is 0 Å². The van der Waals surface area contributed by atoms with Gasteiger partial charge in [-0.2, -0.15) is 12.6 Å². The molecule has 0 aromatic rings.